The number of rotatable bonds is 4. The second kappa shape index (κ2) is 8.67. The molecule has 1 saturated carbocycles. The molecule has 5 nitrogen and oxygen atoms in total. The van der Waals surface area contributed by atoms with Gasteiger partial charge in [0.25, 0.3) is 0 Å². The highest BCUT2D eigenvalue weighted by molar-refractivity contribution is 7.89. The van der Waals surface area contributed by atoms with Gasteiger partial charge in [-0.05, 0) is 62.6 Å². The van der Waals surface area contributed by atoms with Crippen LogP contribution >= 0.6 is 11.6 Å². The summed E-state index contributed by atoms with van der Waals surface area (Å²) < 4.78 is 40.3. The van der Waals surface area contributed by atoms with Crippen LogP contribution < -0.4 is 0 Å². The minimum atomic E-state index is -3.74. The van der Waals surface area contributed by atoms with Crippen molar-refractivity contribution in [2.75, 3.05) is 20.1 Å². The number of hydrogen-bond acceptors (Lipinski definition) is 3. The summed E-state index contributed by atoms with van der Waals surface area (Å²) in [6.07, 6.45) is 5.39. The summed E-state index contributed by atoms with van der Waals surface area (Å²) in [5, 5.41) is -0.213. The molecule has 0 atom stereocenters. The number of nitrogens with zero attached hydrogens (tertiary/aromatic N) is 2. The number of hydrogen-bond donors (Lipinski definition) is 0. The molecular weight excluding hydrogens is 403 g/mol. The summed E-state index contributed by atoms with van der Waals surface area (Å²) in [7, 11) is -1.86. The van der Waals surface area contributed by atoms with Crippen molar-refractivity contribution in [1.29, 1.82) is 0 Å². The van der Waals surface area contributed by atoms with Gasteiger partial charge in [-0.1, -0.05) is 18.5 Å². The third kappa shape index (κ3) is 4.52. The number of sulfonamides is 1. The van der Waals surface area contributed by atoms with Crippen molar-refractivity contribution >= 4 is 27.5 Å². The zero-order chi connectivity index (χ0) is 20.5. The van der Waals surface area contributed by atoms with Crippen LogP contribution in [0.3, 0.4) is 0 Å². The smallest absolute Gasteiger partial charge is 0.243 e. The molecule has 1 aromatic carbocycles. The molecule has 1 aliphatic heterocycles. The molecule has 1 heterocycles. The van der Waals surface area contributed by atoms with Crippen molar-refractivity contribution in [1.82, 2.24) is 9.21 Å². The Bertz CT molecular complexity index is 817. The fraction of sp³-hybridized carbons (Fsp3) is 0.650. The van der Waals surface area contributed by atoms with Crippen molar-refractivity contribution < 1.29 is 17.6 Å². The zero-order valence-corrected chi connectivity index (χ0v) is 18.0. The Morgan fingerprint density at radius 3 is 2.32 bits per heavy atom. The molecule has 0 radical (unpaired) electrons. The molecule has 2 fully saturated rings. The van der Waals surface area contributed by atoms with E-state index in [9.17, 15) is 17.6 Å². The van der Waals surface area contributed by atoms with Crippen LogP contribution in [-0.4, -0.2) is 49.7 Å². The van der Waals surface area contributed by atoms with Crippen molar-refractivity contribution in [2.24, 2.45) is 11.8 Å². The van der Waals surface area contributed by atoms with Crippen LogP contribution in [0.1, 0.15) is 45.4 Å². The third-order valence-electron chi connectivity index (χ3n) is 6.21. The maximum Gasteiger partial charge on any atom is 0.243 e. The molecule has 0 unspecified atom stereocenters. The summed E-state index contributed by atoms with van der Waals surface area (Å²) in [5.74, 6) is 0.0623. The maximum absolute atomic E-state index is 13.3. The van der Waals surface area contributed by atoms with E-state index >= 15 is 0 Å². The van der Waals surface area contributed by atoms with E-state index < -0.39 is 15.8 Å². The van der Waals surface area contributed by atoms with Gasteiger partial charge in [0.05, 0.1) is 9.92 Å². The lowest BCUT2D eigenvalue weighted by atomic mass is 9.86. The van der Waals surface area contributed by atoms with Gasteiger partial charge >= 0.3 is 0 Å². The van der Waals surface area contributed by atoms with Gasteiger partial charge in [0.15, 0.2) is 0 Å². The van der Waals surface area contributed by atoms with Gasteiger partial charge in [0.2, 0.25) is 15.9 Å². The highest BCUT2D eigenvalue weighted by Crippen LogP contribution is 2.30. The van der Waals surface area contributed by atoms with Crippen LogP contribution in [0.5, 0.6) is 0 Å². The number of carbonyl (C=O) groups excluding carboxylic acids is 1. The van der Waals surface area contributed by atoms with E-state index in [1.54, 1.807) is 0 Å². The van der Waals surface area contributed by atoms with Crippen LogP contribution in [0.25, 0.3) is 0 Å². The predicted molar refractivity (Wildman–Crippen MR) is 107 cm³/mol. The number of carbonyl (C=O) groups is 1. The third-order valence-corrected chi connectivity index (χ3v) is 8.40. The van der Waals surface area contributed by atoms with Gasteiger partial charge in [-0.15, -0.1) is 0 Å². The highest BCUT2D eigenvalue weighted by Gasteiger charge is 2.35. The van der Waals surface area contributed by atoms with Crippen molar-refractivity contribution in [2.45, 2.75) is 56.4 Å². The van der Waals surface area contributed by atoms with Crippen LogP contribution in [0.4, 0.5) is 4.39 Å². The molecule has 0 bridgehead atoms. The first-order chi connectivity index (χ1) is 13.2. The highest BCUT2D eigenvalue weighted by atomic mass is 35.5. The lowest BCUT2D eigenvalue weighted by Gasteiger charge is -2.37. The number of benzene rings is 1. The van der Waals surface area contributed by atoms with Crippen molar-refractivity contribution in [3.05, 3.63) is 29.0 Å². The molecule has 0 aromatic heterocycles. The van der Waals surface area contributed by atoms with Gasteiger partial charge < -0.3 is 4.90 Å². The summed E-state index contributed by atoms with van der Waals surface area (Å²) in [5.41, 5.74) is 0. The fourth-order valence-electron chi connectivity index (χ4n) is 4.23. The molecule has 3 rings (SSSR count). The van der Waals surface area contributed by atoms with E-state index in [0.717, 1.165) is 43.7 Å². The van der Waals surface area contributed by atoms with Crippen LogP contribution in [0, 0.1) is 17.7 Å². The SMILES string of the molecule is CC1CCC(N(C)C(=O)C2CCN(S(=O)(=O)c3ccc(F)c(Cl)c3)CC2)CC1. The predicted octanol–water partition coefficient (Wildman–Crippen LogP) is 3.92. The molecule has 156 valence electrons. The zero-order valence-electron chi connectivity index (χ0n) is 16.4. The Hall–Kier alpha value is -1.18. The quantitative estimate of drug-likeness (QED) is 0.727. The van der Waals surface area contributed by atoms with E-state index in [0.29, 0.717) is 18.9 Å². The summed E-state index contributed by atoms with van der Waals surface area (Å²) in [6.45, 7) is 2.81. The van der Waals surface area contributed by atoms with Crippen LogP contribution in [-0.2, 0) is 14.8 Å². The Morgan fingerprint density at radius 2 is 1.75 bits per heavy atom. The van der Waals surface area contributed by atoms with Gasteiger partial charge in [0.1, 0.15) is 5.82 Å². The van der Waals surface area contributed by atoms with Crippen molar-refractivity contribution in [3.63, 3.8) is 0 Å². The molecule has 0 N–H and O–H groups in total. The first kappa shape index (κ1) is 21.5. The van der Waals surface area contributed by atoms with Gasteiger partial charge in [-0.2, -0.15) is 4.31 Å². The molecule has 8 heteroatoms. The van der Waals surface area contributed by atoms with Crippen LogP contribution in [0.2, 0.25) is 5.02 Å². The van der Waals surface area contributed by atoms with E-state index in [1.165, 1.54) is 10.4 Å². The number of piperidine rings is 1. The van der Waals surface area contributed by atoms with Crippen molar-refractivity contribution in [3.8, 4) is 0 Å². The van der Waals surface area contributed by atoms with E-state index in [1.807, 2.05) is 11.9 Å². The molecule has 0 spiro atoms. The minimum absolute atomic E-state index is 0.0166. The average molecular weight is 431 g/mol. The van der Waals surface area contributed by atoms with Gasteiger partial charge in [0, 0.05) is 32.1 Å². The molecule has 28 heavy (non-hydrogen) atoms. The average Bonchev–Trinajstić information content (AvgIpc) is 2.69. The number of halogens is 2. The van der Waals surface area contributed by atoms with Crippen LogP contribution in [0.15, 0.2) is 23.1 Å². The molecule has 1 aromatic rings. The summed E-state index contributed by atoms with van der Waals surface area (Å²) in [4.78, 5) is 14.8. The topological polar surface area (TPSA) is 57.7 Å². The molecule has 1 saturated heterocycles. The Labute approximate surface area is 171 Å². The van der Waals surface area contributed by atoms with E-state index in [2.05, 4.69) is 6.92 Å². The first-order valence-corrected chi connectivity index (χ1v) is 11.7. The Morgan fingerprint density at radius 1 is 1.14 bits per heavy atom. The van der Waals surface area contributed by atoms with E-state index in [-0.39, 0.29) is 34.8 Å². The molecule has 2 aliphatic rings. The molecular formula is C20H28ClFN2O3S. The second-order valence-electron chi connectivity index (χ2n) is 8.12. The first-order valence-electron chi connectivity index (χ1n) is 9.92. The minimum Gasteiger partial charge on any atom is -0.343 e. The maximum atomic E-state index is 13.3. The fourth-order valence-corrected chi connectivity index (χ4v) is 5.97. The Balaban J connectivity index is 1.60. The monoisotopic (exact) mass is 430 g/mol. The molecule has 1 aliphatic carbocycles. The lowest BCUT2D eigenvalue weighted by Crippen LogP contribution is -2.46. The summed E-state index contributed by atoms with van der Waals surface area (Å²) in [6, 6.07) is 3.73. The second-order valence-corrected chi connectivity index (χ2v) is 10.5. The standard InChI is InChI=1S/C20H28ClFN2O3S/c1-14-3-5-16(6-4-14)23(2)20(25)15-9-11-24(12-10-15)28(26,27)17-7-8-19(22)18(21)13-17/h7-8,13-16H,3-6,9-12H2,1-2H3. The normalized spacial score (nSPS) is 24.9. The van der Waals surface area contributed by atoms with E-state index in [4.69, 9.17) is 11.6 Å². The Kier molecular flexibility index (Phi) is 6.67. The van der Waals surface area contributed by atoms with Gasteiger partial charge in [-0.25, -0.2) is 12.8 Å². The number of amides is 1. The largest absolute Gasteiger partial charge is 0.343 e. The molecule has 1 amide bonds. The lowest BCUT2D eigenvalue weighted by molar-refractivity contribution is -0.138. The van der Waals surface area contributed by atoms with Gasteiger partial charge in [-0.3, -0.25) is 4.79 Å². The summed E-state index contributed by atoms with van der Waals surface area (Å²) >= 11 is 5.73.